The van der Waals surface area contributed by atoms with Crippen LogP contribution >= 0.6 is 0 Å². The first kappa shape index (κ1) is 9.64. The predicted molar refractivity (Wildman–Crippen MR) is 48.4 cm³/mol. The molecule has 5 heteroatoms. The van der Waals surface area contributed by atoms with Gasteiger partial charge in [0, 0.05) is 19.2 Å². The lowest BCUT2D eigenvalue weighted by Gasteiger charge is -2.19. The van der Waals surface area contributed by atoms with Crippen molar-refractivity contribution in [3.8, 4) is 0 Å². The second-order valence-corrected chi connectivity index (χ2v) is 3.82. The fourth-order valence-corrected chi connectivity index (χ4v) is 1.75. The van der Waals surface area contributed by atoms with Gasteiger partial charge in [0.25, 0.3) is 0 Å². The molecule has 1 aliphatic rings. The lowest BCUT2D eigenvalue weighted by atomic mass is 10.1. The maximum absolute atomic E-state index is 9.76. The summed E-state index contributed by atoms with van der Waals surface area (Å²) in [6.07, 6.45) is 2.21. The first-order valence-electron chi connectivity index (χ1n) is 4.67. The smallest absolute Gasteiger partial charge is 0.150 e. The summed E-state index contributed by atoms with van der Waals surface area (Å²) in [7, 11) is 0. The molecule has 1 aromatic heterocycles. The van der Waals surface area contributed by atoms with Gasteiger partial charge < -0.3 is 14.7 Å². The molecule has 0 saturated carbocycles. The third-order valence-corrected chi connectivity index (χ3v) is 2.58. The van der Waals surface area contributed by atoms with Crippen LogP contribution in [-0.4, -0.2) is 45.6 Å². The highest BCUT2D eigenvalue weighted by Crippen LogP contribution is 2.21. The molecule has 1 fully saturated rings. The molecule has 0 radical (unpaired) electrons. The van der Waals surface area contributed by atoms with E-state index in [0.29, 0.717) is 19.5 Å². The molecule has 0 aromatic carbocycles. The third-order valence-electron chi connectivity index (χ3n) is 2.58. The maximum atomic E-state index is 9.76. The van der Waals surface area contributed by atoms with E-state index in [-0.39, 0.29) is 6.61 Å². The SMILES string of the molecule is OCC1(O)CCN(Cc2ccno2)C1. The molecular formula is C9H14N2O3. The quantitative estimate of drug-likeness (QED) is 0.691. The van der Waals surface area contributed by atoms with E-state index in [0.717, 1.165) is 12.3 Å². The first-order valence-corrected chi connectivity index (χ1v) is 4.67. The summed E-state index contributed by atoms with van der Waals surface area (Å²) in [5, 5.41) is 22.3. The van der Waals surface area contributed by atoms with E-state index >= 15 is 0 Å². The topological polar surface area (TPSA) is 69.7 Å². The van der Waals surface area contributed by atoms with Crippen LogP contribution < -0.4 is 0 Å². The molecule has 0 spiro atoms. The van der Waals surface area contributed by atoms with E-state index in [2.05, 4.69) is 5.16 Å². The molecule has 1 saturated heterocycles. The van der Waals surface area contributed by atoms with Crippen LogP contribution in [0.1, 0.15) is 12.2 Å². The minimum absolute atomic E-state index is 0.181. The van der Waals surface area contributed by atoms with Crippen molar-refractivity contribution in [1.29, 1.82) is 0 Å². The lowest BCUT2D eigenvalue weighted by Crippen LogP contribution is -2.36. The summed E-state index contributed by atoms with van der Waals surface area (Å²) in [6.45, 7) is 1.73. The van der Waals surface area contributed by atoms with Crippen LogP contribution in [0, 0.1) is 0 Å². The Hall–Kier alpha value is -0.910. The van der Waals surface area contributed by atoms with E-state index < -0.39 is 5.60 Å². The van der Waals surface area contributed by atoms with Crippen molar-refractivity contribution >= 4 is 0 Å². The molecule has 0 amide bonds. The summed E-state index contributed by atoms with van der Waals surface area (Å²) >= 11 is 0. The zero-order chi connectivity index (χ0) is 10.0. The number of hydrogen-bond donors (Lipinski definition) is 2. The molecule has 14 heavy (non-hydrogen) atoms. The molecule has 1 atom stereocenters. The van der Waals surface area contributed by atoms with Gasteiger partial charge in [0.2, 0.25) is 0 Å². The Morgan fingerprint density at radius 1 is 1.64 bits per heavy atom. The summed E-state index contributed by atoms with van der Waals surface area (Å²) < 4.78 is 4.96. The number of nitrogens with zero attached hydrogens (tertiary/aromatic N) is 2. The molecule has 1 unspecified atom stereocenters. The zero-order valence-corrected chi connectivity index (χ0v) is 7.89. The minimum atomic E-state index is -0.931. The van der Waals surface area contributed by atoms with E-state index in [9.17, 15) is 5.11 Å². The van der Waals surface area contributed by atoms with Crippen LogP contribution in [0.2, 0.25) is 0 Å². The van der Waals surface area contributed by atoms with Crippen molar-refractivity contribution in [2.75, 3.05) is 19.7 Å². The number of likely N-dealkylation sites (tertiary alicyclic amines) is 1. The minimum Gasteiger partial charge on any atom is -0.393 e. The Kier molecular flexibility index (Phi) is 2.54. The third kappa shape index (κ3) is 1.95. The largest absolute Gasteiger partial charge is 0.393 e. The molecule has 5 nitrogen and oxygen atoms in total. The van der Waals surface area contributed by atoms with Crippen molar-refractivity contribution < 1.29 is 14.7 Å². The number of hydrogen-bond acceptors (Lipinski definition) is 5. The number of aliphatic hydroxyl groups excluding tert-OH is 1. The average Bonchev–Trinajstić information content (AvgIpc) is 2.78. The molecule has 2 N–H and O–H groups in total. The number of aromatic nitrogens is 1. The van der Waals surface area contributed by atoms with Crippen LogP contribution in [-0.2, 0) is 6.54 Å². The summed E-state index contributed by atoms with van der Waals surface area (Å²) in [5.74, 6) is 0.784. The van der Waals surface area contributed by atoms with Gasteiger partial charge in [-0.2, -0.15) is 0 Å². The Balaban J connectivity index is 1.90. The Labute approximate surface area is 81.9 Å². The zero-order valence-electron chi connectivity index (χ0n) is 7.89. The van der Waals surface area contributed by atoms with Gasteiger partial charge in [0.15, 0.2) is 5.76 Å². The van der Waals surface area contributed by atoms with Gasteiger partial charge in [-0.3, -0.25) is 4.90 Å². The van der Waals surface area contributed by atoms with Crippen LogP contribution in [0.15, 0.2) is 16.8 Å². The molecule has 1 aromatic rings. The Bertz CT molecular complexity index is 288. The summed E-state index contributed by atoms with van der Waals surface area (Å²) in [6, 6.07) is 1.80. The fraction of sp³-hybridized carbons (Fsp3) is 0.667. The summed E-state index contributed by atoms with van der Waals surface area (Å²) in [4.78, 5) is 2.04. The van der Waals surface area contributed by atoms with E-state index in [1.54, 1.807) is 12.3 Å². The van der Waals surface area contributed by atoms with Gasteiger partial charge in [-0.25, -0.2) is 0 Å². The highest BCUT2D eigenvalue weighted by molar-refractivity contribution is 4.96. The molecule has 0 bridgehead atoms. The Morgan fingerprint density at radius 3 is 3.07 bits per heavy atom. The van der Waals surface area contributed by atoms with Gasteiger partial charge in [-0.05, 0) is 6.42 Å². The van der Waals surface area contributed by atoms with Crippen molar-refractivity contribution in [2.45, 2.75) is 18.6 Å². The predicted octanol–water partition coefficient (Wildman–Crippen LogP) is -0.396. The van der Waals surface area contributed by atoms with E-state index in [1.807, 2.05) is 4.90 Å². The highest BCUT2D eigenvalue weighted by Gasteiger charge is 2.35. The molecule has 1 aliphatic heterocycles. The van der Waals surface area contributed by atoms with E-state index in [4.69, 9.17) is 9.63 Å². The molecule has 0 aliphatic carbocycles. The lowest BCUT2D eigenvalue weighted by molar-refractivity contribution is -0.00627. The van der Waals surface area contributed by atoms with Crippen LogP contribution in [0.3, 0.4) is 0 Å². The molecular weight excluding hydrogens is 184 g/mol. The standard InChI is InChI=1S/C9H14N2O3/c12-7-9(13)2-4-11(6-9)5-8-1-3-10-14-8/h1,3,12-13H,2,4-7H2. The second-order valence-electron chi connectivity index (χ2n) is 3.82. The van der Waals surface area contributed by atoms with Crippen molar-refractivity contribution in [3.05, 3.63) is 18.0 Å². The van der Waals surface area contributed by atoms with Crippen LogP contribution in [0.5, 0.6) is 0 Å². The van der Waals surface area contributed by atoms with E-state index in [1.165, 1.54) is 0 Å². The molecule has 2 heterocycles. The van der Waals surface area contributed by atoms with Gasteiger partial charge in [0.05, 0.1) is 19.3 Å². The van der Waals surface area contributed by atoms with Crippen molar-refractivity contribution in [1.82, 2.24) is 10.1 Å². The number of β-amino-alcohol motifs (C(OH)–C–C–N with tert-alkyl or cyclic N) is 1. The van der Waals surface area contributed by atoms with Gasteiger partial charge in [0.1, 0.15) is 5.60 Å². The number of rotatable bonds is 3. The number of aliphatic hydroxyl groups is 2. The van der Waals surface area contributed by atoms with Gasteiger partial charge >= 0.3 is 0 Å². The summed E-state index contributed by atoms with van der Waals surface area (Å²) in [5.41, 5.74) is -0.931. The van der Waals surface area contributed by atoms with Crippen LogP contribution in [0.4, 0.5) is 0 Å². The maximum Gasteiger partial charge on any atom is 0.150 e. The highest BCUT2D eigenvalue weighted by atomic mass is 16.5. The molecule has 78 valence electrons. The van der Waals surface area contributed by atoms with Gasteiger partial charge in [-0.1, -0.05) is 5.16 Å². The van der Waals surface area contributed by atoms with Crippen molar-refractivity contribution in [2.24, 2.45) is 0 Å². The Morgan fingerprint density at radius 2 is 2.50 bits per heavy atom. The fourth-order valence-electron chi connectivity index (χ4n) is 1.75. The molecule has 2 rings (SSSR count). The monoisotopic (exact) mass is 198 g/mol. The first-order chi connectivity index (χ1) is 6.72. The normalized spacial score (nSPS) is 28.4. The van der Waals surface area contributed by atoms with Crippen molar-refractivity contribution in [3.63, 3.8) is 0 Å². The second kappa shape index (κ2) is 3.68. The average molecular weight is 198 g/mol. The van der Waals surface area contributed by atoms with Gasteiger partial charge in [-0.15, -0.1) is 0 Å². The van der Waals surface area contributed by atoms with Crippen LogP contribution in [0.25, 0.3) is 0 Å².